The van der Waals surface area contributed by atoms with E-state index in [9.17, 15) is 9.90 Å². The van der Waals surface area contributed by atoms with Crippen LogP contribution in [0.3, 0.4) is 0 Å². The quantitative estimate of drug-likeness (QED) is 0.900. The van der Waals surface area contributed by atoms with Crippen molar-refractivity contribution in [1.29, 1.82) is 0 Å². The SMILES string of the molecule is COc1cc(O)c2c(c1)C(C)(C)C(c1ccc(OC)c(OC)c1)=CC2=O. The van der Waals surface area contributed by atoms with Crippen LogP contribution in [0.1, 0.15) is 35.3 Å². The molecular formula is C21H22O5. The Balaban J connectivity index is 2.20. The maximum Gasteiger partial charge on any atom is 0.190 e. The molecule has 0 radical (unpaired) electrons. The van der Waals surface area contributed by atoms with Crippen LogP contribution in [0.4, 0.5) is 0 Å². The van der Waals surface area contributed by atoms with Gasteiger partial charge in [0.1, 0.15) is 11.5 Å². The highest BCUT2D eigenvalue weighted by Crippen LogP contribution is 2.47. The lowest BCUT2D eigenvalue weighted by Crippen LogP contribution is -2.27. The largest absolute Gasteiger partial charge is 0.507 e. The molecule has 1 aliphatic rings. The molecule has 1 N–H and O–H groups in total. The van der Waals surface area contributed by atoms with E-state index in [1.54, 1.807) is 26.4 Å². The summed E-state index contributed by atoms with van der Waals surface area (Å²) in [5.74, 6) is 1.42. The van der Waals surface area contributed by atoms with Crippen molar-refractivity contribution in [3.8, 4) is 23.0 Å². The van der Waals surface area contributed by atoms with Crippen molar-refractivity contribution in [2.45, 2.75) is 19.3 Å². The van der Waals surface area contributed by atoms with Crippen molar-refractivity contribution in [3.05, 3.63) is 53.1 Å². The fourth-order valence-corrected chi connectivity index (χ4v) is 3.45. The number of fused-ring (bicyclic) bond motifs is 1. The van der Waals surface area contributed by atoms with Gasteiger partial charge in [-0.2, -0.15) is 0 Å². The molecule has 0 atom stereocenters. The smallest absolute Gasteiger partial charge is 0.190 e. The third-order valence-electron chi connectivity index (χ3n) is 4.89. The molecule has 3 rings (SSSR count). The second kappa shape index (κ2) is 6.41. The third-order valence-corrected chi connectivity index (χ3v) is 4.89. The van der Waals surface area contributed by atoms with Gasteiger partial charge in [-0.15, -0.1) is 0 Å². The average molecular weight is 354 g/mol. The first kappa shape index (κ1) is 17.9. The molecular weight excluding hydrogens is 332 g/mol. The van der Waals surface area contributed by atoms with E-state index in [-0.39, 0.29) is 11.5 Å². The summed E-state index contributed by atoms with van der Waals surface area (Å²) in [6.07, 6.45) is 1.58. The number of hydrogen-bond donors (Lipinski definition) is 1. The number of carbonyl (C=O) groups is 1. The summed E-state index contributed by atoms with van der Waals surface area (Å²) < 4.78 is 16.0. The summed E-state index contributed by atoms with van der Waals surface area (Å²) in [4.78, 5) is 12.7. The van der Waals surface area contributed by atoms with Gasteiger partial charge in [-0.1, -0.05) is 19.9 Å². The third kappa shape index (κ3) is 2.69. The van der Waals surface area contributed by atoms with Crippen molar-refractivity contribution < 1.29 is 24.1 Å². The molecule has 0 spiro atoms. The molecule has 5 nitrogen and oxygen atoms in total. The Morgan fingerprint density at radius 3 is 2.23 bits per heavy atom. The highest BCUT2D eigenvalue weighted by molar-refractivity contribution is 6.15. The molecule has 5 heteroatoms. The summed E-state index contributed by atoms with van der Waals surface area (Å²) in [7, 11) is 4.69. The van der Waals surface area contributed by atoms with Crippen LogP contribution in [-0.2, 0) is 5.41 Å². The molecule has 0 saturated heterocycles. The topological polar surface area (TPSA) is 65.0 Å². The lowest BCUT2D eigenvalue weighted by Gasteiger charge is -2.34. The zero-order valence-electron chi connectivity index (χ0n) is 15.5. The number of benzene rings is 2. The lowest BCUT2D eigenvalue weighted by atomic mass is 9.68. The van der Waals surface area contributed by atoms with Gasteiger partial charge >= 0.3 is 0 Å². The zero-order valence-corrected chi connectivity index (χ0v) is 15.5. The Morgan fingerprint density at radius 1 is 0.923 bits per heavy atom. The van der Waals surface area contributed by atoms with Crippen LogP contribution in [-0.4, -0.2) is 32.2 Å². The van der Waals surface area contributed by atoms with Gasteiger partial charge < -0.3 is 19.3 Å². The number of aromatic hydroxyl groups is 1. The zero-order chi connectivity index (χ0) is 19.1. The van der Waals surface area contributed by atoms with E-state index in [1.165, 1.54) is 13.2 Å². The predicted octanol–water partition coefficient (Wildman–Crippen LogP) is 3.98. The van der Waals surface area contributed by atoms with E-state index < -0.39 is 5.41 Å². The molecule has 26 heavy (non-hydrogen) atoms. The summed E-state index contributed by atoms with van der Waals surface area (Å²) in [5.41, 5.74) is 2.22. The van der Waals surface area contributed by atoms with E-state index >= 15 is 0 Å². The van der Waals surface area contributed by atoms with E-state index in [0.717, 1.165) is 16.7 Å². The fraction of sp³-hybridized carbons (Fsp3) is 0.286. The summed E-state index contributed by atoms with van der Waals surface area (Å²) in [5, 5.41) is 10.3. The molecule has 0 fully saturated rings. The summed E-state index contributed by atoms with van der Waals surface area (Å²) >= 11 is 0. The van der Waals surface area contributed by atoms with Crippen LogP contribution in [0.25, 0.3) is 5.57 Å². The minimum Gasteiger partial charge on any atom is -0.507 e. The van der Waals surface area contributed by atoms with E-state index in [4.69, 9.17) is 14.2 Å². The van der Waals surface area contributed by atoms with Crippen molar-refractivity contribution >= 4 is 11.4 Å². The summed E-state index contributed by atoms with van der Waals surface area (Å²) in [6.45, 7) is 4.03. The highest BCUT2D eigenvalue weighted by Gasteiger charge is 2.37. The van der Waals surface area contributed by atoms with Crippen LogP contribution in [0.5, 0.6) is 23.0 Å². The number of ether oxygens (including phenoxy) is 3. The van der Waals surface area contributed by atoms with Crippen LogP contribution < -0.4 is 14.2 Å². The van der Waals surface area contributed by atoms with Crippen molar-refractivity contribution in [1.82, 2.24) is 0 Å². The number of hydrogen-bond acceptors (Lipinski definition) is 5. The second-order valence-electron chi connectivity index (χ2n) is 6.69. The minimum absolute atomic E-state index is 0.0694. The molecule has 0 amide bonds. The van der Waals surface area contributed by atoms with Crippen LogP contribution in [0.2, 0.25) is 0 Å². The number of phenols is 1. The van der Waals surface area contributed by atoms with Crippen LogP contribution >= 0.6 is 0 Å². The van der Waals surface area contributed by atoms with Gasteiger partial charge in [0.25, 0.3) is 0 Å². The molecule has 1 aliphatic carbocycles. The van der Waals surface area contributed by atoms with Gasteiger partial charge in [0.15, 0.2) is 17.3 Å². The van der Waals surface area contributed by atoms with Crippen LogP contribution in [0.15, 0.2) is 36.4 Å². The molecule has 0 bridgehead atoms. The number of phenolic OH excluding ortho intramolecular Hbond substituents is 1. The molecule has 0 aromatic heterocycles. The number of ketones is 1. The Bertz CT molecular complexity index is 909. The molecule has 2 aromatic rings. The lowest BCUT2D eigenvalue weighted by molar-refractivity contribution is 0.104. The van der Waals surface area contributed by atoms with Gasteiger partial charge in [0, 0.05) is 11.5 Å². The number of carbonyl (C=O) groups excluding carboxylic acids is 1. The van der Waals surface area contributed by atoms with Crippen molar-refractivity contribution in [2.24, 2.45) is 0 Å². The Hall–Kier alpha value is -2.95. The van der Waals surface area contributed by atoms with Gasteiger partial charge in [-0.3, -0.25) is 4.79 Å². The monoisotopic (exact) mass is 354 g/mol. The molecule has 0 saturated carbocycles. The first-order chi connectivity index (χ1) is 12.3. The second-order valence-corrected chi connectivity index (χ2v) is 6.69. The predicted molar refractivity (Wildman–Crippen MR) is 99.5 cm³/mol. The van der Waals surface area contributed by atoms with E-state index in [2.05, 4.69) is 0 Å². The van der Waals surface area contributed by atoms with E-state index in [1.807, 2.05) is 32.0 Å². The van der Waals surface area contributed by atoms with Crippen molar-refractivity contribution in [2.75, 3.05) is 21.3 Å². The molecule has 2 aromatic carbocycles. The first-order valence-corrected chi connectivity index (χ1v) is 8.23. The number of rotatable bonds is 4. The Morgan fingerprint density at radius 2 is 1.62 bits per heavy atom. The molecule has 0 unspecified atom stereocenters. The standard InChI is InChI=1S/C21H22O5/c1-21(2)14(12-6-7-18(25-4)19(8-12)26-5)11-17(23)20-15(21)9-13(24-3)10-16(20)22/h6-11,22H,1-5H3. The van der Waals surface area contributed by atoms with Gasteiger partial charge in [-0.25, -0.2) is 0 Å². The average Bonchev–Trinajstić information content (AvgIpc) is 2.63. The molecule has 0 aliphatic heterocycles. The Kier molecular flexibility index (Phi) is 4.40. The summed E-state index contributed by atoms with van der Waals surface area (Å²) in [6, 6.07) is 8.83. The highest BCUT2D eigenvalue weighted by atomic mass is 16.5. The maximum absolute atomic E-state index is 12.7. The van der Waals surface area contributed by atoms with E-state index in [0.29, 0.717) is 22.8 Å². The molecule has 0 heterocycles. The Labute approximate surface area is 152 Å². The first-order valence-electron chi connectivity index (χ1n) is 8.23. The van der Waals surface area contributed by atoms with Gasteiger partial charge in [0.2, 0.25) is 0 Å². The number of methoxy groups -OCH3 is 3. The van der Waals surface area contributed by atoms with Gasteiger partial charge in [0.05, 0.1) is 26.9 Å². The minimum atomic E-state index is -0.519. The van der Waals surface area contributed by atoms with Crippen molar-refractivity contribution in [3.63, 3.8) is 0 Å². The number of allylic oxidation sites excluding steroid dienone is 2. The maximum atomic E-state index is 12.7. The fourth-order valence-electron chi connectivity index (χ4n) is 3.45. The normalized spacial score (nSPS) is 15.1. The molecule has 136 valence electrons. The van der Waals surface area contributed by atoms with Gasteiger partial charge in [-0.05, 0) is 41.0 Å². The van der Waals surface area contributed by atoms with Crippen LogP contribution in [0, 0.1) is 0 Å².